The summed E-state index contributed by atoms with van der Waals surface area (Å²) >= 11 is 6.91. The Hall–Kier alpha value is -2.55. The summed E-state index contributed by atoms with van der Waals surface area (Å²) < 4.78 is 6.04. The highest BCUT2D eigenvalue weighted by molar-refractivity contribution is 6.53. The highest BCUT2D eigenvalue weighted by atomic mass is 35.5. The van der Waals surface area contributed by atoms with Crippen LogP contribution in [-0.2, 0) is 0 Å². The van der Waals surface area contributed by atoms with E-state index in [-0.39, 0.29) is 0 Å². The summed E-state index contributed by atoms with van der Waals surface area (Å²) in [5.41, 5.74) is 4.21. The summed E-state index contributed by atoms with van der Waals surface area (Å²) in [4.78, 5) is 2.46. The second-order valence-electron chi connectivity index (χ2n) is 7.94. The van der Waals surface area contributed by atoms with Crippen LogP contribution in [0.3, 0.4) is 0 Å². The molecule has 0 radical (unpaired) electrons. The number of hydrogen-bond acceptors (Lipinski definition) is 2. The summed E-state index contributed by atoms with van der Waals surface area (Å²) in [6, 6.07) is 28.7. The van der Waals surface area contributed by atoms with Crippen molar-refractivity contribution in [1.29, 1.82) is 0 Å². The molecule has 0 spiro atoms. The molecule has 0 amide bonds. The van der Waals surface area contributed by atoms with Crippen LogP contribution in [-0.4, -0.2) is 31.1 Å². The molecule has 32 heavy (non-hydrogen) atoms. The third-order valence-corrected chi connectivity index (χ3v) is 6.06. The third kappa shape index (κ3) is 6.98. The number of nitrogens with zero attached hydrogens (tertiary/aromatic N) is 1. The lowest BCUT2D eigenvalue weighted by Crippen LogP contribution is -2.29. The Balaban J connectivity index is 1.73. The van der Waals surface area contributed by atoms with Crippen molar-refractivity contribution in [2.45, 2.75) is 33.1 Å². The maximum absolute atomic E-state index is 6.91. The monoisotopic (exact) mass is 447 g/mol. The Morgan fingerprint density at radius 3 is 1.91 bits per heavy atom. The fraction of sp³-hybridized carbons (Fsp3) is 0.310. The molecule has 0 aliphatic rings. The van der Waals surface area contributed by atoms with Crippen LogP contribution in [0.2, 0.25) is 0 Å². The zero-order valence-electron chi connectivity index (χ0n) is 19.3. The van der Waals surface area contributed by atoms with Crippen molar-refractivity contribution in [3.05, 3.63) is 102 Å². The van der Waals surface area contributed by atoms with Gasteiger partial charge in [0.1, 0.15) is 12.4 Å². The third-order valence-electron chi connectivity index (χ3n) is 5.65. The van der Waals surface area contributed by atoms with Crippen LogP contribution in [0.4, 0.5) is 0 Å². The molecule has 3 heteroatoms. The molecular formula is C29H34ClNO. The molecule has 3 aromatic carbocycles. The molecule has 0 aromatic heterocycles. The predicted octanol–water partition coefficient (Wildman–Crippen LogP) is 7.73. The van der Waals surface area contributed by atoms with Gasteiger partial charge in [0.2, 0.25) is 0 Å². The summed E-state index contributed by atoms with van der Waals surface area (Å²) in [6.07, 6.45) is 3.81. The smallest absolute Gasteiger partial charge is 0.119 e. The van der Waals surface area contributed by atoms with Crippen molar-refractivity contribution in [2.75, 3.05) is 26.2 Å². The molecule has 0 fully saturated rings. The van der Waals surface area contributed by atoms with Crippen LogP contribution < -0.4 is 4.74 Å². The van der Waals surface area contributed by atoms with E-state index in [4.69, 9.17) is 16.3 Å². The first-order valence-corrected chi connectivity index (χ1v) is 12.1. The molecule has 0 aliphatic heterocycles. The number of ether oxygens (including phenoxy) is 1. The molecule has 0 bridgehead atoms. The number of rotatable bonds is 12. The Labute approximate surface area is 198 Å². The summed E-state index contributed by atoms with van der Waals surface area (Å²) in [6.45, 7) is 8.33. The van der Waals surface area contributed by atoms with Crippen molar-refractivity contribution in [2.24, 2.45) is 0 Å². The van der Waals surface area contributed by atoms with Gasteiger partial charge in [-0.2, -0.15) is 0 Å². The number of likely N-dealkylation sites (N-methyl/N-ethyl adjacent to an activating group) is 1. The number of unbranched alkanes of at least 4 members (excludes halogenated alkanes) is 2. The van der Waals surface area contributed by atoms with Crippen molar-refractivity contribution in [3.63, 3.8) is 0 Å². The van der Waals surface area contributed by atoms with E-state index in [0.29, 0.717) is 6.61 Å². The van der Waals surface area contributed by atoms with E-state index in [0.717, 1.165) is 52.7 Å². The number of halogens is 1. The summed E-state index contributed by atoms with van der Waals surface area (Å²) in [5.74, 6) is 0.890. The van der Waals surface area contributed by atoms with E-state index in [1.165, 1.54) is 19.3 Å². The molecule has 168 valence electrons. The molecule has 0 aliphatic carbocycles. The van der Waals surface area contributed by atoms with Crippen molar-refractivity contribution < 1.29 is 4.74 Å². The van der Waals surface area contributed by atoms with Crippen LogP contribution in [0.25, 0.3) is 10.6 Å². The zero-order chi connectivity index (χ0) is 22.6. The van der Waals surface area contributed by atoms with Crippen LogP contribution in [0.1, 0.15) is 49.8 Å². The van der Waals surface area contributed by atoms with Gasteiger partial charge in [-0.15, -0.1) is 0 Å². The lowest BCUT2D eigenvalue weighted by molar-refractivity contribution is 0.213. The van der Waals surface area contributed by atoms with E-state index < -0.39 is 0 Å². The average molecular weight is 448 g/mol. The molecule has 0 N–H and O–H groups in total. The van der Waals surface area contributed by atoms with E-state index >= 15 is 0 Å². The second kappa shape index (κ2) is 13.1. The summed E-state index contributed by atoms with van der Waals surface area (Å²) in [7, 11) is 0. The molecule has 3 rings (SSSR count). The molecular weight excluding hydrogens is 414 g/mol. The fourth-order valence-electron chi connectivity index (χ4n) is 3.78. The minimum Gasteiger partial charge on any atom is -0.492 e. The molecule has 0 saturated carbocycles. The quantitative estimate of drug-likeness (QED) is 0.208. The fourth-order valence-corrected chi connectivity index (χ4v) is 4.12. The molecule has 0 atom stereocenters. The van der Waals surface area contributed by atoms with E-state index in [1.54, 1.807) is 0 Å². The van der Waals surface area contributed by atoms with Gasteiger partial charge in [0.05, 0.1) is 5.03 Å². The van der Waals surface area contributed by atoms with Crippen molar-refractivity contribution >= 4 is 22.2 Å². The van der Waals surface area contributed by atoms with Crippen LogP contribution in [0, 0.1) is 0 Å². The van der Waals surface area contributed by atoms with Gasteiger partial charge in [-0.3, -0.25) is 0 Å². The van der Waals surface area contributed by atoms with Crippen LogP contribution >= 0.6 is 11.6 Å². The largest absolute Gasteiger partial charge is 0.492 e. The molecule has 0 unspecified atom stereocenters. The topological polar surface area (TPSA) is 12.5 Å². The predicted molar refractivity (Wildman–Crippen MR) is 138 cm³/mol. The maximum Gasteiger partial charge on any atom is 0.119 e. The lowest BCUT2D eigenvalue weighted by atomic mass is 9.95. The molecule has 0 heterocycles. The number of hydrogen-bond donors (Lipinski definition) is 0. The SMILES string of the molecule is CCCCCN(CC)CCOc1ccc(/C(=C(/Cl)c2ccccc2)c2ccccc2)cc1. The Bertz CT molecular complexity index is 951. The molecule has 0 saturated heterocycles. The average Bonchev–Trinajstić information content (AvgIpc) is 2.85. The van der Waals surface area contributed by atoms with Gasteiger partial charge in [-0.05, 0) is 48.3 Å². The highest BCUT2D eigenvalue weighted by Crippen LogP contribution is 2.35. The second-order valence-corrected chi connectivity index (χ2v) is 8.31. The first kappa shape index (κ1) is 24.1. The standard InChI is InChI=1S/C29H34ClNO/c1-3-5-12-21-31(4-2)22-23-32-27-19-17-25(18-20-27)28(24-13-8-6-9-14-24)29(30)26-15-10-7-11-16-26/h6-11,13-20H,3-5,12,21-23H2,1-2H3/b29-28+. The van der Waals surface area contributed by atoms with Crippen molar-refractivity contribution in [3.8, 4) is 5.75 Å². The van der Waals surface area contributed by atoms with Gasteiger partial charge < -0.3 is 9.64 Å². The first-order chi connectivity index (χ1) is 15.7. The minimum absolute atomic E-state index is 0.700. The highest BCUT2D eigenvalue weighted by Gasteiger charge is 2.12. The maximum atomic E-state index is 6.91. The van der Waals surface area contributed by atoms with Gasteiger partial charge in [-0.1, -0.05) is 111 Å². The Morgan fingerprint density at radius 2 is 1.31 bits per heavy atom. The lowest BCUT2D eigenvalue weighted by Gasteiger charge is -2.20. The molecule has 2 nitrogen and oxygen atoms in total. The van der Waals surface area contributed by atoms with Gasteiger partial charge >= 0.3 is 0 Å². The molecule has 3 aromatic rings. The van der Waals surface area contributed by atoms with Crippen LogP contribution in [0.5, 0.6) is 5.75 Å². The van der Waals surface area contributed by atoms with Crippen molar-refractivity contribution in [1.82, 2.24) is 4.90 Å². The zero-order valence-corrected chi connectivity index (χ0v) is 20.0. The summed E-state index contributed by atoms with van der Waals surface area (Å²) in [5, 5.41) is 0.746. The minimum atomic E-state index is 0.700. The van der Waals surface area contributed by atoms with Gasteiger partial charge in [0, 0.05) is 12.1 Å². The Kier molecular flexibility index (Phi) is 9.87. The van der Waals surface area contributed by atoms with Gasteiger partial charge in [0.15, 0.2) is 0 Å². The van der Waals surface area contributed by atoms with E-state index in [1.807, 2.05) is 60.7 Å². The van der Waals surface area contributed by atoms with Gasteiger partial charge in [0.25, 0.3) is 0 Å². The van der Waals surface area contributed by atoms with E-state index in [9.17, 15) is 0 Å². The van der Waals surface area contributed by atoms with Gasteiger partial charge in [-0.25, -0.2) is 0 Å². The van der Waals surface area contributed by atoms with Crippen LogP contribution in [0.15, 0.2) is 84.9 Å². The Morgan fingerprint density at radius 1 is 0.719 bits per heavy atom. The normalized spacial score (nSPS) is 12.0. The first-order valence-electron chi connectivity index (χ1n) is 11.7. The van der Waals surface area contributed by atoms with E-state index in [2.05, 4.69) is 43.0 Å². The number of benzene rings is 3.